The summed E-state index contributed by atoms with van der Waals surface area (Å²) in [5.41, 5.74) is 0. The molecule has 5 nitrogen and oxygen atoms in total. The van der Waals surface area contributed by atoms with Crippen molar-refractivity contribution in [2.75, 3.05) is 6.61 Å². The average Bonchev–Trinajstić information content (AvgIpc) is 2.14. The van der Waals surface area contributed by atoms with Crippen molar-refractivity contribution in [3.8, 4) is 0 Å². The molecule has 0 aliphatic carbocycles. The minimum Gasteiger partial charge on any atom is -0.449 e. The fourth-order valence-electron chi connectivity index (χ4n) is 0.698. The Balaban J connectivity index is 3.73. The first kappa shape index (κ1) is 13.8. The third-order valence-electron chi connectivity index (χ3n) is 1.30. The summed E-state index contributed by atoms with van der Waals surface area (Å²) in [6.45, 7) is 4.02. The lowest BCUT2D eigenvalue weighted by Gasteiger charge is -2.06. The van der Waals surface area contributed by atoms with Crippen LogP contribution in [0.15, 0.2) is 0 Å². The van der Waals surface area contributed by atoms with Crippen molar-refractivity contribution in [2.45, 2.75) is 33.1 Å². The molecule has 0 atom stereocenters. The summed E-state index contributed by atoms with van der Waals surface area (Å²) in [6.07, 6.45) is 0.270. The van der Waals surface area contributed by atoms with Crippen LogP contribution in [0.5, 0.6) is 0 Å². The van der Waals surface area contributed by atoms with E-state index in [0.717, 1.165) is 6.42 Å². The van der Waals surface area contributed by atoms with Gasteiger partial charge in [0.25, 0.3) is 0 Å². The molecule has 0 aromatic rings. The summed E-state index contributed by atoms with van der Waals surface area (Å²) >= 11 is 4.73. The van der Waals surface area contributed by atoms with E-state index in [2.05, 4.69) is 9.47 Å². The van der Waals surface area contributed by atoms with Crippen LogP contribution < -0.4 is 5.32 Å². The van der Waals surface area contributed by atoms with Gasteiger partial charge >= 0.3 is 12.2 Å². The first-order valence-corrected chi connectivity index (χ1v) is 5.19. The smallest absolute Gasteiger partial charge is 0.422 e. The molecule has 0 heterocycles. The highest BCUT2D eigenvalue weighted by Crippen LogP contribution is 1.95. The van der Waals surface area contributed by atoms with Gasteiger partial charge in [0.2, 0.25) is 0 Å². The van der Waals surface area contributed by atoms with E-state index in [9.17, 15) is 9.59 Å². The zero-order valence-electron chi connectivity index (χ0n) is 8.87. The molecule has 0 fully saturated rings. The molecule has 2 amide bonds. The Morgan fingerprint density at radius 3 is 2.40 bits per heavy atom. The van der Waals surface area contributed by atoms with Crippen LogP contribution in [-0.2, 0) is 9.47 Å². The highest BCUT2D eigenvalue weighted by molar-refractivity contribution is 7.80. The summed E-state index contributed by atoms with van der Waals surface area (Å²) in [5, 5.41) is 2.06. The molecule has 0 unspecified atom stereocenters. The van der Waals surface area contributed by atoms with Gasteiger partial charge in [-0.15, -0.1) is 0 Å². The van der Waals surface area contributed by atoms with Gasteiger partial charge in [0.1, 0.15) is 0 Å². The molecule has 0 aliphatic rings. The van der Waals surface area contributed by atoms with Crippen molar-refractivity contribution in [2.24, 2.45) is 0 Å². The minimum absolute atomic E-state index is 0.165. The Morgan fingerprint density at radius 2 is 1.87 bits per heavy atom. The molecular weight excluding hydrogens is 218 g/mol. The predicted octanol–water partition coefficient (Wildman–Crippen LogP) is 2.39. The molecule has 0 aromatic heterocycles. The fourth-order valence-corrected chi connectivity index (χ4v) is 0.978. The van der Waals surface area contributed by atoms with E-state index in [1.54, 1.807) is 0 Å². The summed E-state index contributed by atoms with van der Waals surface area (Å²) in [5.74, 6) is 0. The molecular formula is C9H15NO4S. The summed E-state index contributed by atoms with van der Waals surface area (Å²) in [4.78, 5) is 21.9. The number of imide groups is 1. The highest BCUT2D eigenvalue weighted by Gasteiger charge is 2.11. The van der Waals surface area contributed by atoms with Gasteiger partial charge in [-0.2, -0.15) is 0 Å². The van der Waals surface area contributed by atoms with Crippen LogP contribution in [0.1, 0.15) is 33.1 Å². The summed E-state index contributed by atoms with van der Waals surface area (Å²) < 4.78 is 9.23. The molecule has 1 N–H and O–H groups in total. The van der Waals surface area contributed by atoms with E-state index >= 15 is 0 Å². The number of carbonyl (C=O) groups excluding carboxylic acids is 2. The Bertz CT molecular complexity index is 242. The topological polar surface area (TPSA) is 64.6 Å². The lowest BCUT2D eigenvalue weighted by Crippen LogP contribution is -2.32. The van der Waals surface area contributed by atoms with E-state index < -0.39 is 12.2 Å². The zero-order valence-corrected chi connectivity index (χ0v) is 9.69. The monoisotopic (exact) mass is 233 g/mol. The maximum Gasteiger partial charge on any atom is 0.422 e. The van der Waals surface area contributed by atoms with E-state index in [4.69, 9.17) is 12.2 Å². The Kier molecular flexibility index (Phi) is 7.53. The minimum atomic E-state index is -0.894. The average molecular weight is 233 g/mol. The van der Waals surface area contributed by atoms with Gasteiger partial charge < -0.3 is 9.47 Å². The first-order chi connectivity index (χ1) is 7.10. The number of ether oxygens (including phenoxy) is 2. The van der Waals surface area contributed by atoms with Crippen molar-refractivity contribution < 1.29 is 19.1 Å². The molecule has 0 bridgehead atoms. The Hall–Kier alpha value is -1.17. The fraction of sp³-hybridized carbons (Fsp3) is 0.667. The SMILES string of the molecule is CCCOC(=O)NC(=O)OC(=S)CCC. The van der Waals surface area contributed by atoms with Gasteiger partial charge in [0.15, 0.2) is 5.05 Å². The number of rotatable bonds is 4. The third-order valence-corrected chi connectivity index (χ3v) is 1.59. The number of alkyl carbamates (subject to hydrolysis) is 2. The van der Waals surface area contributed by atoms with Gasteiger partial charge in [-0.3, -0.25) is 0 Å². The van der Waals surface area contributed by atoms with Crippen molar-refractivity contribution in [1.82, 2.24) is 5.32 Å². The maximum atomic E-state index is 11.0. The van der Waals surface area contributed by atoms with Crippen LogP contribution in [0.25, 0.3) is 0 Å². The molecule has 0 spiro atoms. The molecule has 0 saturated carbocycles. The first-order valence-electron chi connectivity index (χ1n) is 4.78. The van der Waals surface area contributed by atoms with Crippen LogP contribution in [-0.4, -0.2) is 23.8 Å². The lowest BCUT2D eigenvalue weighted by molar-refractivity contribution is 0.141. The van der Waals surface area contributed by atoms with Crippen LogP contribution >= 0.6 is 12.2 Å². The molecule has 0 aliphatic heterocycles. The van der Waals surface area contributed by atoms with E-state index in [-0.39, 0.29) is 11.7 Å². The Labute approximate surface area is 94.1 Å². The van der Waals surface area contributed by atoms with Gasteiger partial charge in [-0.1, -0.05) is 13.8 Å². The second-order valence-electron chi connectivity index (χ2n) is 2.77. The molecule has 6 heteroatoms. The number of carbonyl (C=O) groups is 2. The van der Waals surface area contributed by atoms with Crippen LogP contribution in [0.4, 0.5) is 9.59 Å². The van der Waals surface area contributed by atoms with Gasteiger partial charge in [0, 0.05) is 6.42 Å². The number of amides is 2. The molecule has 86 valence electrons. The zero-order chi connectivity index (χ0) is 11.7. The second-order valence-corrected chi connectivity index (χ2v) is 3.23. The van der Waals surface area contributed by atoms with Gasteiger partial charge in [-0.05, 0) is 25.1 Å². The van der Waals surface area contributed by atoms with E-state index in [1.165, 1.54) is 0 Å². The number of thiocarbonyl (C=S) groups is 1. The lowest BCUT2D eigenvalue weighted by atomic mass is 10.4. The number of nitrogens with one attached hydrogen (secondary N) is 1. The van der Waals surface area contributed by atoms with Gasteiger partial charge in [0.05, 0.1) is 6.61 Å². The quantitative estimate of drug-likeness (QED) is 0.755. The van der Waals surface area contributed by atoms with Crippen LogP contribution in [0.2, 0.25) is 0 Å². The molecule has 0 saturated heterocycles. The highest BCUT2D eigenvalue weighted by atomic mass is 32.1. The van der Waals surface area contributed by atoms with Crippen molar-refractivity contribution in [3.05, 3.63) is 0 Å². The van der Waals surface area contributed by atoms with Crippen LogP contribution in [0.3, 0.4) is 0 Å². The summed E-state index contributed by atoms with van der Waals surface area (Å²) in [6, 6.07) is 0. The van der Waals surface area contributed by atoms with Gasteiger partial charge in [-0.25, -0.2) is 14.9 Å². The Morgan fingerprint density at radius 1 is 1.20 bits per heavy atom. The number of hydrogen-bond acceptors (Lipinski definition) is 5. The van der Waals surface area contributed by atoms with Crippen molar-refractivity contribution in [1.29, 1.82) is 0 Å². The maximum absolute atomic E-state index is 11.0. The third kappa shape index (κ3) is 7.87. The predicted molar refractivity (Wildman–Crippen MR) is 58.8 cm³/mol. The molecule has 0 rings (SSSR count). The van der Waals surface area contributed by atoms with Crippen molar-refractivity contribution >= 4 is 29.5 Å². The molecule has 0 radical (unpaired) electrons. The summed E-state index contributed by atoms with van der Waals surface area (Å²) in [7, 11) is 0. The van der Waals surface area contributed by atoms with E-state index in [0.29, 0.717) is 12.8 Å². The second kappa shape index (κ2) is 8.16. The standard InChI is InChI=1S/C9H15NO4S/c1-3-5-7(15)14-9(12)10-8(11)13-6-4-2/h3-6H2,1-2H3,(H,10,11,12). The van der Waals surface area contributed by atoms with Crippen molar-refractivity contribution in [3.63, 3.8) is 0 Å². The molecule has 0 aromatic carbocycles. The largest absolute Gasteiger partial charge is 0.449 e. The van der Waals surface area contributed by atoms with E-state index in [1.807, 2.05) is 19.2 Å². The molecule has 15 heavy (non-hydrogen) atoms. The number of hydrogen-bond donors (Lipinski definition) is 1. The normalized spacial score (nSPS) is 9.20. The van der Waals surface area contributed by atoms with Crippen LogP contribution in [0, 0.1) is 0 Å².